The zero-order chi connectivity index (χ0) is 13.0. The van der Waals surface area contributed by atoms with Gasteiger partial charge in [0.05, 0.1) is 12.2 Å². The number of rotatable bonds is 3. The average Bonchev–Trinajstić information content (AvgIpc) is 2.39. The Balaban J connectivity index is 2.02. The minimum Gasteiger partial charge on any atom is -0.492 e. The number of allylic oxidation sites excluding steroid dienone is 2. The molecule has 0 aliphatic heterocycles. The molecule has 0 heterocycles. The van der Waals surface area contributed by atoms with Gasteiger partial charge in [-0.15, -0.1) is 0 Å². The van der Waals surface area contributed by atoms with E-state index < -0.39 is 0 Å². The molecule has 0 saturated carbocycles. The summed E-state index contributed by atoms with van der Waals surface area (Å²) in [6.07, 6.45) is 6.68. The number of ether oxygens (including phenoxy) is 1. The van der Waals surface area contributed by atoms with Gasteiger partial charge in [0.1, 0.15) is 11.8 Å². The normalized spacial score (nSPS) is 22.5. The molecular weight excluding hydrogens is 222 g/mol. The first-order valence-corrected chi connectivity index (χ1v) is 6.49. The van der Waals surface area contributed by atoms with Gasteiger partial charge in [-0.2, -0.15) is 5.26 Å². The highest BCUT2D eigenvalue weighted by atomic mass is 16.5. The van der Waals surface area contributed by atoms with Crippen LogP contribution < -0.4 is 4.74 Å². The van der Waals surface area contributed by atoms with Crippen LogP contribution in [0.4, 0.5) is 0 Å². The maximum Gasteiger partial charge on any atom is 0.137 e. The molecule has 0 radical (unpaired) electrons. The molecule has 2 nitrogen and oxygen atoms in total. The summed E-state index contributed by atoms with van der Waals surface area (Å²) in [6.45, 7) is 4.94. The van der Waals surface area contributed by atoms with Crippen molar-refractivity contribution in [2.45, 2.75) is 26.7 Å². The molecule has 2 heteroatoms. The van der Waals surface area contributed by atoms with Crippen molar-refractivity contribution >= 4 is 0 Å². The zero-order valence-electron chi connectivity index (χ0n) is 11.0. The Bertz CT molecular complexity index is 484. The quantitative estimate of drug-likeness (QED) is 0.753. The van der Waals surface area contributed by atoms with Gasteiger partial charge in [-0.25, -0.2) is 0 Å². The standard InChI is InChI=1S/C16H19NO/c1-12-7-8-16(15(9-12)10-17)18-11-14-6-4-3-5-13(14)2/h3-4,7-9,13-14H,5-6,11H2,1-2H3. The average molecular weight is 241 g/mol. The lowest BCUT2D eigenvalue weighted by Gasteiger charge is -2.25. The monoisotopic (exact) mass is 241 g/mol. The molecule has 1 aromatic rings. The van der Waals surface area contributed by atoms with Crippen molar-refractivity contribution in [3.05, 3.63) is 41.5 Å². The third-order valence-corrected chi connectivity index (χ3v) is 3.63. The smallest absolute Gasteiger partial charge is 0.137 e. The fourth-order valence-electron chi connectivity index (χ4n) is 2.29. The number of hydrogen-bond donors (Lipinski definition) is 0. The molecule has 0 bridgehead atoms. The van der Waals surface area contributed by atoms with Crippen LogP contribution in [0.1, 0.15) is 30.9 Å². The van der Waals surface area contributed by atoms with Crippen molar-refractivity contribution in [1.29, 1.82) is 5.26 Å². The summed E-state index contributed by atoms with van der Waals surface area (Å²) < 4.78 is 5.84. The van der Waals surface area contributed by atoms with Gasteiger partial charge >= 0.3 is 0 Å². The van der Waals surface area contributed by atoms with Crippen LogP contribution >= 0.6 is 0 Å². The molecule has 18 heavy (non-hydrogen) atoms. The minimum atomic E-state index is 0.558. The van der Waals surface area contributed by atoms with Crippen molar-refractivity contribution in [2.24, 2.45) is 11.8 Å². The predicted molar refractivity (Wildman–Crippen MR) is 72.4 cm³/mol. The van der Waals surface area contributed by atoms with Crippen LogP contribution in [0.3, 0.4) is 0 Å². The second kappa shape index (κ2) is 5.73. The van der Waals surface area contributed by atoms with Gasteiger partial charge in [-0.3, -0.25) is 0 Å². The van der Waals surface area contributed by atoms with Crippen molar-refractivity contribution in [3.8, 4) is 11.8 Å². The summed E-state index contributed by atoms with van der Waals surface area (Å²) in [7, 11) is 0. The van der Waals surface area contributed by atoms with Crippen molar-refractivity contribution < 1.29 is 4.74 Å². The SMILES string of the molecule is Cc1ccc(OCC2CC=CCC2C)c(C#N)c1. The van der Waals surface area contributed by atoms with E-state index in [-0.39, 0.29) is 0 Å². The van der Waals surface area contributed by atoms with E-state index in [1.54, 1.807) is 0 Å². The first-order chi connectivity index (χ1) is 8.70. The number of nitrogens with zero attached hydrogens (tertiary/aromatic N) is 1. The van der Waals surface area contributed by atoms with Gasteiger partial charge in [0.25, 0.3) is 0 Å². The Kier molecular flexibility index (Phi) is 4.04. The molecule has 0 spiro atoms. The van der Waals surface area contributed by atoms with Gasteiger partial charge in [-0.05, 0) is 49.3 Å². The van der Waals surface area contributed by atoms with E-state index in [2.05, 4.69) is 25.1 Å². The first kappa shape index (κ1) is 12.7. The van der Waals surface area contributed by atoms with E-state index in [1.807, 2.05) is 25.1 Å². The molecule has 0 N–H and O–H groups in total. The fraction of sp³-hybridized carbons (Fsp3) is 0.438. The van der Waals surface area contributed by atoms with Crippen LogP contribution in [-0.2, 0) is 0 Å². The van der Waals surface area contributed by atoms with Crippen LogP contribution in [0.2, 0.25) is 0 Å². The fourth-order valence-corrected chi connectivity index (χ4v) is 2.29. The van der Waals surface area contributed by atoms with Gasteiger partial charge in [-0.1, -0.05) is 25.1 Å². The number of benzene rings is 1. The summed E-state index contributed by atoms with van der Waals surface area (Å²) in [4.78, 5) is 0. The summed E-state index contributed by atoms with van der Waals surface area (Å²) in [6, 6.07) is 7.96. The number of aryl methyl sites for hydroxylation is 1. The number of hydrogen-bond acceptors (Lipinski definition) is 2. The molecule has 2 rings (SSSR count). The van der Waals surface area contributed by atoms with Gasteiger partial charge in [0.2, 0.25) is 0 Å². The Morgan fingerprint density at radius 1 is 1.33 bits per heavy atom. The highest BCUT2D eigenvalue weighted by molar-refractivity contribution is 5.45. The minimum absolute atomic E-state index is 0.558. The maximum absolute atomic E-state index is 9.09. The van der Waals surface area contributed by atoms with Crippen LogP contribution in [0.25, 0.3) is 0 Å². The third-order valence-electron chi connectivity index (χ3n) is 3.63. The second-order valence-electron chi connectivity index (χ2n) is 5.10. The molecule has 0 fully saturated rings. The Labute approximate surface area is 109 Å². The Hall–Kier alpha value is -1.75. The van der Waals surface area contributed by atoms with Crippen LogP contribution in [-0.4, -0.2) is 6.61 Å². The first-order valence-electron chi connectivity index (χ1n) is 6.49. The lowest BCUT2D eigenvalue weighted by atomic mass is 9.85. The maximum atomic E-state index is 9.09. The molecule has 0 aromatic heterocycles. The predicted octanol–water partition coefficient (Wildman–Crippen LogP) is 3.85. The Morgan fingerprint density at radius 2 is 2.11 bits per heavy atom. The Morgan fingerprint density at radius 3 is 2.83 bits per heavy atom. The molecule has 2 unspecified atom stereocenters. The largest absolute Gasteiger partial charge is 0.492 e. The molecule has 1 aliphatic rings. The van der Waals surface area contributed by atoms with Gasteiger partial charge in [0, 0.05) is 0 Å². The molecule has 1 aliphatic carbocycles. The second-order valence-corrected chi connectivity index (χ2v) is 5.10. The molecule has 1 aromatic carbocycles. The van der Waals surface area contributed by atoms with Gasteiger partial charge < -0.3 is 4.74 Å². The molecule has 2 atom stereocenters. The number of nitriles is 1. The van der Waals surface area contributed by atoms with Crippen LogP contribution in [0.15, 0.2) is 30.4 Å². The lowest BCUT2D eigenvalue weighted by molar-refractivity contribution is 0.198. The lowest BCUT2D eigenvalue weighted by Crippen LogP contribution is -2.21. The molecular formula is C16H19NO. The zero-order valence-corrected chi connectivity index (χ0v) is 11.0. The van der Waals surface area contributed by atoms with E-state index in [4.69, 9.17) is 10.00 Å². The topological polar surface area (TPSA) is 33.0 Å². The van der Waals surface area contributed by atoms with Crippen molar-refractivity contribution in [3.63, 3.8) is 0 Å². The van der Waals surface area contributed by atoms with E-state index in [1.165, 1.54) is 0 Å². The highest BCUT2D eigenvalue weighted by Gasteiger charge is 2.19. The van der Waals surface area contributed by atoms with Crippen molar-refractivity contribution in [2.75, 3.05) is 6.61 Å². The summed E-state index contributed by atoms with van der Waals surface area (Å²) in [5.74, 6) is 1.93. The van der Waals surface area contributed by atoms with Crippen LogP contribution in [0.5, 0.6) is 5.75 Å². The molecule has 94 valence electrons. The summed E-state index contributed by atoms with van der Waals surface area (Å²) >= 11 is 0. The van der Waals surface area contributed by atoms with Gasteiger partial charge in [0.15, 0.2) is 0 Å². The molecule has 0 saturated heterocycles. The highest BCUT2D eigenvalue weighted by Crippen LogP contribution is 2.27. The van der Waals surface area contributed by atoms with E-state index >= 15 is 0 Å². The van der Waals surface area contributed by atoms with Crippen LogP contribution in [0, 0.1) is 30.1 Å². The third kappa shape index (κ3) is 2.92. The van der Waals surface area contributed by atoms with E-state index in [0.29, 0.717) is 29.8 Å². The van der Waals surface area contributed by atoms with E-state index in [0.717, 1.165) is 18.4 Å². The summed E-state index contributed by atoms with van der Waals surface area (Å²) in [5.41, 5.74) is 1.72. The van der Waals surface area contributed by atoms with Crippen molar-refractivity contribution in [1.82, 2.24) is 0 Å². The molecule has 0 amide bonds. The summed E-state index contributed by atoms with van der Waals surface area (Å²) in [5, 5.41) is 9.09. The van der Waals surface area contributed by atoms with E-state index in [9.17, 15) is 0 Å².